The Morgan fingerprint density at radius 2 is 1.81 bits per heavy atom. The molecule has 0 atom stereocenters. The summed E-state index contributed by atoms with van der Waals surface area (Å²) in [5.74, 6) is 0.578. The fraction of sp³-hybridized carbons (Fsp3) is 0.400. The number of nitrogens with zero attached hydrogens (tertiary/aromatic N) is 1. The minimum absolute atomic E-state index is 0.132. The van der Waals surface area contributed by atoms with Gasteiger partial charge in [-0.15, -0.1) is 0 Å². The van der Waals surface area contributed by atoms with Crippen molar-refractivity contribution in [3.05, 3.63) is 24.3 Å². The van der Waals surface area contributed by atoms with E-state index in [4.69, 9.17) is 9.29 Å². The Labute approximate surface area is 95.4 Å². The number of hydrogen-bond acceptors (Lipinski definition) is 4. The van der Waals surface area contributed by atoms with Crippen molar-refractivity contribution in [1.29, 1.82) is 0 Å². The van der Waals surface area contributed by atoms with Gasteiger partial charge in [-0.2, -0.15) is 8.42 Å². The summed E-state index contributed by atoms with van der Waals surface area (Å²) in [4.78, 5) is 1.85. The van der Waals surface area contributed by atoms with Crippen LogP contribution in [0.1, 0.15) is 0 Å². The van der Waals surface area contributed by atoms with E-state index in [0.29, 0.717) is 12.4 Å². The van der Waals surface area contributed by atoms with Crippen LogP contribution in [0.3, 0.4) is 0 Å². The maximum Gasteiger partial charge on any atom is 0.294 e. The monoisotopic (exact) mass is 245 g/mol. The first-order valence-electron chi connectivity index (χ1n) is 4.74. The molecule has 0 heterocycles. The second kappa shape index (κ2) is 5.29. The van der Waals surface area contributed by atoms with Crippen molar-refractivity contribution in [3.8, 4) is 5.75 Å². The lowest BCUT2D eigenvalue weighted by Crippen LogP contribution is -2.19. The Morgan fingerprint density at radius 3 is 2.25 bits per heavy atom. The number of ether oxygens (including phenoxy) is 1. The van der Waals surface area contributed by atoms with Gasteiger partial charge in [0.15, 0.2) is 0 Å². The standard InChI is InChI=1S/C10H15NO4S/c1-11(2)7-8-15-9-3-5-10(6-4-9)16(12,13)14/h3-6H,7-8H2,1-2H3,(H,12,13,14). The molecule has 0 bridgehead atoms. The Kier molecular flexibility index (Phi) is 4.28. The molecule has 0 saturated heterocycles. The predicted molar refractivity (Wildman–Crippen MR) is 60.3 cm³/mol. The van der Waals surface area contributed by atoms with Crippen molar-refractivity contribution in [2.24, 2.45) is 0 Å². The maximum absolute atomic E-state index is 10.8. The van der Waals surface area contributed by atoms with Gasteiger partial charge in [0.1, 0.15) is 12.4 Å². The van der Waals surface area contributed by atoms with E-state index in [9.17, 15) is 8.42 Å². The molecule has 90 valence electrons. The van der Waals surface area contributed by atoms with Crippen LogP contribution in [0, 0.1) is 0 Å². The zero-order valence-electron chi connectivity index (χ0n) is 9.25. The second-order valence-electron chi connectivity index (χ2n) is 3.60. The highest BCUT2D eigenvalue weighted by molar-refractivity contribution is 7.85. The number of likely N-dealkylation sites (N-methyl/N-ethyl adjacent to an activating group) is 1. The average molecular weight is 245 g/mol. The lowest BCUT2D eigenvalue weighted by Gasteiger charge is -2.10. The summed E-state index contributed by atoms with van der Waals surface area (Å²) in [5, 5.41) is 0. The Balaban J connectivity index is 2.59. The number of rotatable bonds is 5. The van der Waals surface area contributed by atoms with Gasteiger partial charge in [-0.05, 0) is 38.4 Å². The smallest absolute Gasteiger partial charge is 0.294 e. The van der Waals surface area contributed by atoms with E-state index < -0.39 is 10.1 Å². The van der Waals surface area contributed by atoms with E-state index in [-0.39, 0.29) is 4.90 Å². The van der Waals surface area contributed by atoms with Gasteiger partial charge in [-0.1, -0.05) is 0 Å². The molecule has 0 amide bonds. The summed E-state index contributed by atoms with van der Waals surface area (Å²) in [6, 6.07) is 5.64. The van der Waals surface area contributed by atoms with Gasteiger partial charge in [-0.3, -0.25) is 4.55 Å². The van der Waals surface area contributed by atoms with E-state index in [1.807, 2.05) is 19.0 Å². The molecule has 0 aromatic heterocycles. The van der Waals surface area contributed by atoms with E-state index in [0.717, 1.165) is 6.54 Å². The topological polar surface area (TPSA) is 66.8 Å². The highest BCUT2D eigenvalue weighted by atomic mass is 32.2. The van der Waals surface area contributed by atoms with Crippen LogP contribution in [0.4, 0.5) is 0 Å². The van der Waals surface area contributed by atoms with Crippen molar-refractivity contribution >= 4 is 10.1 Å². The molecule has 0 unspecified atom stereocenters. The molecule has 0 radical (unpaired) electrons. The first kappa shape index (κ1) is 13.0. The molecule has 0 aliphatic carbocycles. The summed E-state index contributed by atoms with van der Waals surface area (Å²) >= 11 is 0. The normalized spacial score (nSPS) is 11.8. The predicted octanol–water partition coefficient (Wildman–Crippen LogP) is 0.874. The zero-order valence-corrected chi connectivity index (χ0v) is 10.1. The lowest BCUT2D eigenvalue weighted by molar-refractivity contribution is 0.261. The van der Waals surface area contributed by atoms with Crippen molar-refractivity contribution < 1.29 is 17.7 Å². The fourth-order valence-corrected chi connectivity index (χ4v) is 1.53. The third-order valence-corrected chi connectivity index (χ3v) is 2.80. The van der Waals surface area contributed by atoms with Gasteiger partial charge >= 0.3 is 0 Å². The van der Waals surface area contributed by atoms with Crippen LogP contribution >= 0.6 is 0 Å². The van der Waals surface area contributed by atoms with E-state index in [2.05, 4.69) is 0 Å². The SMILES string of the molecule is CN(C)CCOc1ccc(S(=O)(=O)O)cc1. The van der Waals surface area contributed by atoms with Crippen LogP contribution in [0.15, 0.2) is 29.2 Å². The largest absolute Gasteiger partial charge is 0.492 e. The van der Waals surface area contributed by atoms with Crippen LogP contribution < -0.4 is 4.74 Å². The van der Waals surface area contributed by atoms with E-state index >= 15 is 0 Å². The molecule has 6 heteroatoms. The third kappa shape index (κ3) is 4.18. The van der Waals surface area contributed by atoms with Gasteiger partial charge in [0, 0.05) is 6.54 Å². The van der Waals surface area contributed by atoms with Crippen molar-refractivity contribution in [1.82, 2.24) is 4.90 Å². The summed E-state index contributed by atoms with van der Waals surface area (Å²) in [5.41, 5.74) is 0. The molecule has 1 N–H and O–H groups in total. The van der Waals surface area contributed by atoms with Gasteiger partial charge < -0.3 is 9.64 Å². The Hall–Kier alpha value is -1.11. The molecule has 0 spiro atoms. The highest BCUT2D eigenvalue weighted by Gasteiger charge is 2.08. The summed E-state index contributed by atoms with van der Waals surface area (Å²) in [7, 11) is -0.247. The van der Waals surface area contributed by atoms with Crippen LogP contribution in [-0.4, -0.2) is 45.1 Å². The summed E-state index contributed by atoms with van der Waals surface area (Å²) in [6.45, 7) is 1.30. The lowest BCUT2D eigenvalue weighted by atomic mass is 10.3. The molecular weight excluding hydrogens is 230 g/mol. The van der Waals surface area contributed by atoms with Crippen LogP contribution in [-0.2, 0) is 10.1 Å². The highest BCUT2D eigenvalue weighted by Crippen LogP contribution is 2.15. The maximum atomic E-state index is 10.8. The number of benzene rings is 1. The van der Waals surface area contributed by atoms with E-state index in [1.165, 1.54) is 24.3 Å². The molecular formula is C10H15NO4S. The Morgan fingerprint density at radius 1 is 1.25 bits per heavy atom. The van der Waals surface area contributed by atoms with Crippen LogP contribution in [0.25, 0.3) is 0 Å². The molecule has 0 aliphatic rings. The Bertz CT molecular complexity index is 425. The van der Waals surface area contributed by atoms with E-state index in [1.54, 1.807) is 0 Å². The van der Waals surface area contributed by atoms with Gasteiger partial charge in [0.2, 0.25) is 0 Å². The first-order chi connectivity index (χ1) is 7.39. The van der Waals surface area contributed by atoms with Gasteiger partial charge in [0.05, 0.1) is 4.90 Å². The average Bonchev–Trinajstić information content (AvgIpc) is 2.16. The zero-order chi connectivity index (χ0) is 12.2. The summed E-state index contributed by atoms with van der Waals surface area (Å²) in [6.07, 6.45) is 0. The van der Waals surface area contributed by atoms with Crippen molar-refractivity contribution in [2.75, 3.05) is 27.2 Å². The quantitative estimate of drug-likeness (QED) is 0.780. The van der Waals surface area contributed by atoms with Gasteiger partial charge in [-0.25, -0.2) is 0 Å². The molecule has 16 heavy (non-hydrogen) atoms. The molecule has 1 aromatic rings. The minimum Gasteiger partial charge on any atom is -0.492 e. The third-order valence-electron chi connectivity index (χ3n) is 1.93. The minimum atomic E-state index is -4.12. The molecule has 0 saturated carbocycles. The van der Waals surface area contributed by atoms with Gasteiger partial charge in [0.25, 0.3) is 10.1 Å². The first-order valence-corrected chi connectivity index (χ1v) is 6.18. The van der Waals surface area contributed by atoms with Crippen molar-refractivity contribution in [2.45, 2.75) is 4.90 Å². The van der Waals surface area contributed by atoms with Crippen molar-refractivity contribution in [3.63, 3.8) is 0 Å². The van der Waals surface area contributed by atoms with Crippen LogP contribution in [0.2, 0.25) is 0 Å². The molecule has 0 aliphatic heterocycles. The van der Waals surface area contributed by atoms with Crippen LogP contribution in [0.5, 0.6) is 5.75 Å². The molecule has 5 nitrogen and oxygen atoms in total. The molecule has 1 aromatic carbocycles. The fourth-order valence-electron chi connectivity index (χ4n) is 1.05. The molecule has 0 fully saturated rings. The summed E-state index contributed by atoms with van der Waals surface area (Å²) < 4.78 is 35.6. The number of hydrogen-bond donors (Lipinski definition) is 1. The second-order valence-corrected chi connectivity index (χ2v) is 5.02. The molecule has 1 rings (SSSR count).